The van der Waals surface area contributed by atoms with Crippen LogP contribution in [0.3, 0.4) is 0 Å². The van der Waals surface area contributed by atoms with Crippen LogP contribution in [0.4, 0.5) is 0 Å². The molecule has 2 heterocycles. The number of hydrogen-bond donors (Lipinski definition) is 1. The first kappa shape index (κ1) is 14.5. The Morgan fingerprint density at radius 2 is 2.16 bits per heavy atom. The maximum atomic E-state index is 3.99. The summed E-state index contributed by atoms with van der Waals surface area (Å²) in [5.74, 6) is 0.811. The van der Waals surface area contributed by atoms with E-state index in [0.717, 1.165) is 25.4 Å². The van der Waals surface area contributed by atoms with Crippen molar-refractivity contribution >= 4 is 0 Å². The minimum Gasteiger partial charge on any atom is -0.312 e. The normalized spacial score (nSPS) is 21.1. The number of aromatic nitrogens is 3. The van der Waals surface area contributed by atoms with Gasteiger partial charge in [0.1, 0.15) is 0 Å². The first-order valence-electron chi connectivity index (χ1n) is 7.34. The van der Waals surface area contributed by atoms with Crippen LogP contribution in [-0.2, 0) is 6.54 Å². The number of likely N-dealkylation sites (tertiary alicyclic amines) is 1. The Morgan fingerprint density at radius 3 is 2.84 bits per heavy atom. The summed E-state index contributed by atoms with van der Waals surface area (Å²) in [5.41, 5.74) is 0.237. The maximum Gasteiger partial charge on any atom is 0.0692 e. The van der Waals surface area contributed by atoms with E-state index in [0.29, 0.717) is 0 Å². The van der Waals surface area contributed by atoms with Crippen LogP contribution in [-0.4, -0.2) is 51.6 Å². The van der Waals surface area contributed by atoms with Gasteiger partial charge >= 0.3 is 0 Å². The minimum atomic E-state index is 0.237. The van der Waals surface area contributed by atoms with Gasteiger partial charge in [-0.2, -0.15) is 0 Å². The summed E-state index contributed by atoms with van der Waals surface area (Å²) in [7, 11) is 0. The van der Waals surface area contributed by atoms with Crippen LogP contribution in [0.1, 0.15) is 33.6 Å². The molecule has 1 saturated heterocycles. The molecule has 1 aliphatic heterocycles. The second-order valence-corrected chi connectivity index (χ2v) is 6.61. The molecule has 108 valence electrons. The highest BCUT2D eigenvalue weighted by molar-refractivity contribution is 4.80. The van der Waals surface area contributed by atoms with Gasteiger partial charge in [-0.25, -0.2) is 0 Å². The zero-order chi connectivity index (χ0) is 13.7. The molecule has 1 atom stereocenters. The van der Waals surface area contributed by atoms with E-state index in [1.165, 1.54) is 26.1 Å². The predicted octanol–water partition coefficient (Wildman–Crippen LogP) is 1.38. The molecule has 0 aromatic carbocycles. The SMILES string of the molecule is CC(C)(C)NCC1CCN(CCCn2ccnn2)C1. The number of nitrogens with one attached hydrogen (secondary N) is 1. The van der Waals surface area contributed by atoms with E-state index in [4.69, 9.17) is 0 Å². The van der Waals surface area contributed by atoms with Gasteiger partial charge in [-0.1, -0.05) is 5.21 Å². The Balaban J connectivity index is 1.59. The van der Waals surface area contributed by atoms with Gasteiger partial charge < -0.3 is 10.2 Å². The summed E-state index contributed by atoms with van der Waals surface area (Å²) in [5, 5.41) is 11.4. The van der Waals surface area contributed by atoms with Crippen molar-refractivity contribution in [2.45, 2.75) is 45.7 Å². The summed E-state index contributed by atoms with van der Waals surface area (Å²) >= 11 is 0. The van der Waals surface area contributed by atoms with E-state index in [2.05, 4.69) is 41.3 Å². The molecule has 0 bridgehead atoms. The standard InChI is InChI=1S/C14H27N5/c1-14(2,3)15-11-13-5-9-18(12-13)7-4-8-19-10-6-16-17-19/h6,10,13,15H,4-5,7-9,11-12H2,1-3H3. The minimum absolute atomic E-state index is 0.237. The third kappa shape index (κ3) is 5.28. The van der Waals surface area contributed by atoms with Crippen molar-refractivity contribution in [1.82, 2.24) is 25.2 Å². The van der Waals surface area contributed by atoms with Crippen molar-refractivity contribution < 1.29 is 0 Å². The first-order chi connectivity index (χ1) is 9.03. The summed E-state index contributed by atoms with van der Waals surface area (Å²) in [6.45, 7) is 12.5. The summed E-state index contributed by atoms with van der Waals surface area (Å²) in [6, 6.07) is 0. The van der Waals surface area contributed by atoms with Crippen LogP contribution in [0.15, 0.2) is 12.4 Å². The van der Waals surface area contributed by atoms with Gasteiger partial charge in [0, 0.05) is 24.8 Å². The second-order valence-electron chi connectivity index (χ2n) is 6.61. The molecule has 0 spiro atoms. The molecule has 1 unspecified atom stereocenters. The smallest absolute Gasteiger partial charge is 0.0692 e. The fraction of sp³-hybridized carbons (Fsp3) is 0.857. The quantitative estimate of drug-likeness (QED) is 0.844. The van der Waals surface area contributed by atoms with E-state index < -0.39 is 0 Å². The molecular formula is C14H27N5. The molecule has 1 aromatic rings. The molecule has 5 heteroatoms. The fourth-order valence-electron chi connectivity index (χ4n) is 2.54. The Morgan fingerprint density at radius 1 is 1.32 bits per heavy atom. The number of rotatable bonds is 6. The van der Waals surface area contributed by atoms with Gasteiger partial charge in [0.25, 0.3) is 0 Å². The van der Waals surface area contributed by atoms with Crippen molar-refractivity contribution in [2.24, 2.45) is 5.92 Å². The van der Waals surface area contributed by atoms with E-state index in [1.54, 1.807) is 6.20 Å². The molecule has 0 radical (unpaired) electrons. The Labute approximate surface area is 116 Å². The van der Waals surface area contributed by atoms with Gasteiger partial charge in [0.15, 0.2) is 0 Å². The molecule has 1 fully saturated rings. The molecule has 1 N–H and O–H groups in total. The van der Waals surface area contributed by atoms with Crippen molar-refractivity contribution in [3.8, 4) is 0 Å². The van der Waals surface area contributed by atoms with Crippen molar-refractivity contribution in [1.29, 1.82) is 0 Å². The lowest BCUT2D eigenvalue weighted by Gasteiger charge is -2.23. The number of nitrogens with zero attached hydrogens (tertiary/aromatic N) is 4. The zero-order valence-electron chi connectivity index (χ0n) is 12.5. The molecule has 19 heavy (non-hydrogen) atoms. The molecule has 2 rings (SSSR count). The lowest BCUT2D eigenvalue weighted by atomic mass is 10.1. The highest BCUT2D eigenvalue weighted by Gasteiger charge is 2.23. The van der Waals surface area contributed by atoms with Crippen molar-refractivity contribution in [3.63, 3.8) is 0 Å². The summed E-state index contributed by atoms with van der Waals surface area (Å²) < 4.78 is 1.91. The van der Waals surface area contributed by atoms with Crippen LogP contribution >= 0.6 is 0 Å². The molecule has 1 aromatic heterocycles. The monoisotopic (exact) mass is 265 g/mol. The van der Waals surface area contributed by atoms with Crippen LogP contribution in [0, 0.1) is 5.92 Å². The molecule has 1 aliphatic rings. The molecule has 0 saturated carbocycles. The molecular weight excluding hydrogens is 238 g/mol. The van der Waals surface area contributed by atoms with Gasteiger partial charge in [0.05, 0.1) is 6.20 Å². The van der Waals surface area contributed by atoms with Crippen LogP contribution < -0.4 is 5.32 Å². The van der Waals surface area contributed by atoms with Crippen LogP contribution in [0.5, 0.6) is 0 Å². The van der Waals surface area contributed by atoms with Crippen LogP contribution in [0.2, 0.25) is 0 Å². The Kier molecular flexibility index (Phi) is 4.93. The van der Waals surface area contributed by atoms with Gasteiger partial charge in [-0.05, 0) is 59.2 Å². The van der Waals surface area contributed by atoms with E-state index >= 15 is 0 Å². The fourth-order valence-corrected chi connectivity index (χ4v) is 2.54. The zero-order valence-corrected chi connectivity index (χ0v) is 12.5. The Bertz CT molecular complexity index is 354. The lowest BCUT2D eigenvalue weighted by Crippen LogP contribution is -2.39. The first-order valence-corrected chi connectivity index (χ1v) is 7.34. The highest BCUT2D eigenvalue weighted by atomic mass is 15.4. The van der Waals surface area contributed by atoms with Crippen LogP contribution in [0.25, 0.3) is 0 Å². The maximum absolute atomic E-state index is 3.99. The summed E-state index contributed by atoms with van der Waals surface area (Å²) in [4.78, 5) is 2.58. The topological polar surface area (TPSA) is 46.0 Å². The number of hydrogen-bond acceptors (Lipinski definition) is 4. The van der Waals surface area contributed by atoms with Gasteiger partial charge in [-0.15, -0.1) is 5.10 Å². The van der Waals surface area contributed by atoms with Gasteiger partial charge in [-0.3, -0.25) is 4.68 Å². The van der Waals surface area contributed by atoms with Crippen molar-refractivity contribution in [2.75, 3.05) is 26.2 Å². The highest BCUT2D eigenvalue weighted by Crippen LogP contribution is 2.16. The third-order valence-electron chi connectivity index (χ3n) is 3.62. The third-order valence-corrected chi connectivity index (χ3v) is 3.62. The van der Waals surface area contributed by atoms with E-state index in [9.17, 15) is 0 Å². The van der Waals surface area contributed by atoms with E-state index in [-0.39, 0.29) is 5.54 Å². The lowest BCUT2D eigenvalue weighted by molar-refractivity contribution is 0.299. The largest absolute Gasteiger partial charge is 0.312 e. The average Bonchev–Trinajstić information content (AvgIpc) is 2.97. The second kappa shape index (κ2) is 6.48. The molecule has 0 amide bonds. The molecule has 5 nitrogen and oxygen atoms in total. The van der Waals surface area contributed by atoms with Crippen molar-refractivity contribution in [3.05, 3.63) is 12.4 Å². The number of aryl methyl sites for hydroxylation is 1. The van der Waals surface area contributed by atoms with Gasteiger partial charge in [0.2, 0.25) is 0 Å². The predicted molar refractivity (Wildman–Crippen MR) is 76.9 cm³/mol. The Hall–Kier alpha value is -0.940. The molecule has 0 aliphatic carbocycles. The summed E-state index contributed by atoms with van der Waals surface area (Å²) in [6.07, 6.45) is 6.15. The van der Waals surface area contributed by atoms with E-state index in [1.807, 2.05) is 10.9 Å². The average molecular weight is 265 g/mol.